The molecule has 0 amide bonds. The Bertz CT molecular complexity index is 721. The van der Waals surface area contributed by atoms with Gasteiger partial charge in [0.1, 0.15) is 0 Å². The molecule has 0 aliphatic heterocycles. The maximum Gasteiger partial charge on any atom is 0.305 e. The number of carbonyl (C=O) groups is 1. The Morgan fingerprint density at radius 1 is 1.30 bits per heavy atom. The molecule has 1 aromatic heterocycles. The van der Waals surface area contributed by atoms with Gasteiger partial charge in [-0.25, -0.2) is 13.1 Å². The van der Waals surface area contributed by atoms with Crippen molar-refractivity contribution < 1.29 is 18.3 Å². The number of rotatable bonds is 5. The summed E-state index contributed by atoms with van der Waals surface area (Å²) in [5, 5.41) is 19.7. The Balaban J connectivity index is 2.28. The van der Waals surface area contributed by atoms with Crippen molar-refractivity contribution in [2.75, 3.05) is 6.26 Å². The van der Waals surface area contributed by atoms with Crippen LogP contribution in [0.5, 0.6) is 0 Å². The van der Waals surface area contributed by atoms with E-state index < -0.39 is 15.8 Å². The summed E-state index contributed by atoms with van der Waals surface area (Å²) in [6, 6.07) is 6.08. The van der Waals surface area contributed by atoms with Crippen LogP contribution in [0.15, 0.2) is 29.2 Å². The first-order valence-corrected chi connectivity index (χ1v) is 7.55. The predicted molar refractivity (Wildman–Crippen MR) is 68.6 cm³/mol. The summed E-state index contributed by atoms with van der Waals surface area (Å²) in [5.41, 5.74) is 0.618. The number of benzene rings is 1. The minimum Gasteiger partial charge on any atom is -0.481 e. The summed E-state index contributed by atoms with van der Waals surface area (Å²) in [4.78, 5) is 10.7. The van der Waals surface area contributed by atoms with E-state index in [0.29, 0.717) is 11.4 Å². The number of hydrogen-bond acceptors (Lipinski definition) is 6. The molecule has 2 aromatic rings. The molecule has 0 unspecified atom stereocenters. The molecule has 0 saturated carbocycles. The largest absolute Gasteiger partial charge is 0.481 e. The van der Waals surface area contributed by atoms with Crippen LogP contribution >= 0.6 is 0 Å². The maximum absolute atomic E-state index is 11.4. The second-order valence-corrected chi connectivity index (χ2v) is 6.18. The summed E-state index contributed by atoms with van der Waals surface area (Å²) >= 11 is 0. The predicted octanol–water partition coefficient (Wildman–Crippen LogP) is 0.218. The Hall–Kier alpha value is -2.29. The van der Waals surface area contributed by atoms with E-state index in [1.807, 2.05) is 0 Å². The number of carboxylic acids is 1. The molecule has 0 bridgehead atoms. The molecule has 0 radical (unpaired) electrons. The van der Waals surface area contributed by atoms with Crippen LogP contribution in [0.1, 0.15) is 6.42 Å². The Labute approximate surface area is 115 Å². The zero-order valence-electron chi connectivity index (χ0n) is 10.6. The number of aromatic nitrogens is 4. The first-order valence-electron chi connectivity index (χ1n) is 5.66. The van der Waals surface area contributed by atoms with Gasteiger partial charge in [-0.05, 0) is 34.7 Å². The van der Waals surface area contributed by atoms with Crippen LogP contribution < -0.4 is 0 Å². The zero-order valence-corrected chi connectivity index (χ0v) is 11.4. The highest BCUT2D eigenvalue weighted by molar-refractivity contribution is 7.90. The van der Waals surface area contributed by atoms with Crippen molar-refractivity contribution in [2.24, 2.45) is 0 Å². The van der Waals surface area contributed by atoms with Gasteiger partial charge in [-0.15, -0.1) is 5.10 Å². The molecule has 2 rings (SSSR count). The number of tetrazole rings is 1. The number of carboxylic acid groups (broad SMARTS) is 1. The van der Waals surface area contributed by atoms with Gasteiger partial charge in [-0.2, -0.15) is 0 Å². The molecule has 1 heterocycles. The summed E-state index contributed by atoms with van der Waals surface area (Å²) < 4.78 is 24.1. The van der Waals surface area contributed by atoms with Crippen molar-refractivity contribution >= 4 is 15.8 Å². The highest BCUT2D eigenvalue weighted by atomic mass is 32.2. The molecule has 0 aliphatic carbocycles. The average Bonchev–Trinajstić information content (AvgIpc) is 2.83. The Morgan fingerprint density at radius 2 is 1.95 bits per heavy atom. The molecule has 0 atom stereocenters. The van der Waals surface area contributed by atoms with E-state index in [9.17, 15) is 13.2 Å². The van der Waals surface area contributed by atoms with E-state index in [2.05, 4.69) is 15.5 Å². The highest BCUT2D eigenvalue weighted by Gasteiger charge is 2.12. The zero-order chi connectivity index (χ0) is 14.8. The van der Waals surface area contributed by atoms with Crippen LogP contribution in [0.2, 0.25) is 0 Å². The van der Waals surface area contributed by atoms with Gasteiger partial charge in [0, 0.05) is 11.8 Å². The van der Waals surface area contributed by atoms with Crippen molar-refractivity contribution in [3.8, 4) is 11.4 Å². The molecule has 9 heteroatoms. The minimum absolute atomic E-state index is 0.0978. The monoisotopic (exact) mass is 296 g/mol. The van der Waals surface area contributed by atoms with Gasteiger partial charge in [0.2, 0.25) is 0 Å². The Morgan fingerprint density at radius 3 is 2.50 bits per heavy atom. The first-order chi connectivity index (χ1) is 9.38. The fourth-order valence-electron chi connectivity index (χ4n) is 1.61. The van der Waals surface area contributed by atoms with Crippen molar-refractivity contribution in [3.05, 3.63) is 24.3 Å². The van der Waals surface area contributed by atoms with Crippen LogP contribution in [0.3, 0.4) is 0 Å². The van der Waals surface area contributed by atoms with Crippen molar-refractivity contribution in [3.63, 3.8) is 0 Å². The van der Waals surface area contributed by atoms with E-state index in [1.165, 1.54) is 16.8 Å². The fraction of sp³-hybridized carbons (Fsp3) is 0.273. The molecule has 20 heavy (non-hydrogen) atoms. The van der Waals surface area contributed by atoms with Gasteiger partial charge < -0.3 is 5.11 Å². The third-order valence-electron chi connectivity index (χ3n) is 2.61. The standard InChI is InChI=1S/C11H12N4O4S/c1-20(18,19)9-4-2-8(3-5-9)11-12-13-14-15(11)7-6-10(16)17/h2-5H,6-7H2,1H3,(H,16,17). The van der Waals surface area contributed by atoms with Crippen molar-refractivity contribution in [1.82, 2.24) is 20.2 Å². The highest BCUT2D eigenvalue weighted by Crippen LogP contribution is 2.18. The summed E-state index contributed by atoms with van der Waals surface area (Å²) in [6.45, 7) is 0.144. The number of sulfone groups is 1. The topological polar surface area (TPSA) is 115 Å². The lowest BCUT2D eigenvalue weighted by Gasteiger charge is -2.04. The third-order valence-corrected chi connectivity index (χ3v) is 3.74. The van der Waals surface area contributed by atoms with Crippen LogP contribution in [-0.4, -0.2) is 46.0 Å². The summed E-state index contributed by atoms with van der Waals surface area (Å²) in [7, 11) is -3.26. The third kappa shape index (κ3) is 3.18. The van der Waals surface area contributed by atoms with Crippen LogP contribution in [0.4, 0.5) is 0 Å². The molecule has 0 spiro atoms. The number of aliphatic carboxylic acids is 1. The minimum atomic E-state index is -3.26. The number of hydrogen-bond donors (Lipinski definition) is 1. The van der Waals surface area contributed by atoms with E-state index in [-0.39, 0.29) is 17.9 Å². The fourth-order valence-corrected chi connectivity index (χ4v) is 2.25. The van der Waals surface area contributed by atoms with E-state index in [4.69, 9.17) is 5.11 Å². The molecule has 1 aromatic carbocycles. The lowest BCUT2D eigenvalue weighted by atomic mass is 10.2. The molecule has 0 saturated heterocycles. The van der Waals surface area contributed by atoms with Gasteiger partial charge in [0.15, 0.2) is 15.7 Å². The summed E-state index contributed by atoms with van der Waals surface area (Å²) in [6.07, 6.45) is 1.03. The van der Waals surface area contributed by atoms with Crippen molar-refractivity contribution in [1.29, 1.82) is 0 Å². The van der Waals surface area contributed by atoms with Gasteiger partial charge in [-0.3, -0.25) is 4.79 Å². The normalized spacial score (nSPS) is 11.4. The Kier molecular flexibility index (Phi) is 3.79. The van der Waals surface area contributed by atoms with Crippen LogP contribution in [0, 0.1) is 0 Å². The SMILES string of the molecule is CS(=O)(=O)c1ccc(-c2nnnn2CCC(=O)O)cc1. The number of aryl methyl sites for hydroxylation is 1. The van der Waals surface area contributed by atoms with Gasteiger partial charge in [0.05, 0.1) is 17.9 Å². The summed E-state index contributed by atoms with van der Waals surface area (Å²) in [5.74, 6) is -0.551. The van der Waals surface area contributed by atoms with Gasteiger partial charge >= 0.3 is 5.97 Å². The second kappa shape index (κ2) is 5.37. The second-order valence-electron chi connectivity index (χ2n) is 4.17. The first kappa shape index (κ1) is 14.1. The quantitative estimate of drug-likeness (QED) is 0.839. The van der Waals surface area contributed by atoms with Crippen LogP contribution in [-0.2, 0) is 21.2 Å². The molecule has 106 valence electrons. The van der Waals surface area contributed by atoms with Crippen molar-refractivity contribution in [2.45, 2.75) is 17.9 Å². The molecular weight excluding hydrogens is 284 g/mol. The molecule has 8 nitrogen and oxygen atoms in total. The average molecular weight is 296 g/mol. The van der Waals surface area contributed by atoms with E-state index >= 15 is 0 Å². The lowest BCUT2D eigenvalue weighted by molar-refractivity contribution is -0.137. The molecule has 0 aliphatic rings. The van der Waals surface area contributed by atoms with E-state index in [1.54, 1.807) is 12.1 Å². The number of nitrogens with zero attached hydrogens (tertiary/aromatic N) is 4. The maximum atomic E-state index is 11.4. The van der Waals surface area contributed by atoms with Gasteiger partial charge in [-0.1, -0.05) is 0 Å². The smallest absolute Gasteiger partial charge is 0.305 e. The lowest BCUT2D eigenvalue weighted by Crippen LogP contribution is -2.07. The van der Waals surface area contributed by atoms with Gasteiger partial charge in [0.25, 0.3) is 0 Å². The van der Waals surface area contributed by atoms with E-state index in [0.717, 1.165) is 6.26 Å². The molecule has 1 N–H and O–H groups in total. The van der Waals surface area contributed by atoms with Crippen LogP contribution in [0.25, 0.3) is 11.4 Å². The molecule has 0 fully saturated rings. The molecular formula is C11H12N4O4S.